The molecule has 1 N–H and O–H groups in total. The van der Waals surface area contributed by atoms with Crippen molar-refractivity contribution in [3.8, 4) is 0 Å². The Labute approximate surface area is 114 Å². The van der Waals surface area contributed by atoms with E-state index in [1.165, 1.54) is 25.7 Å². The summed E-state index contributed by atoms with van der Waals surface area (Å²) >= 11 is 0. The number of aromatic nitrogens is 2. The van der Waals surface area contributed by atoms with E-state index in [9.17, 15) is 4.79 Å². The first-order valence-corrected chi connectivity index (χ1v) is 7.19. The molecule has 0 spiro atoms. The van der Waals surface area contributed by atoms with Gasteiger partial charge in [0.2, 0.25) is 0 Å². The van der Waals surface area contributed by atoms with Crippen molar-refractivity contribution in [3.05, 3.63) is 23.8 Å². The van der Waals surface area contributed by atoms with Crippen LogP contribution in [-0.4, -0.2) is 21.9 Å². The lowest BCUT2D eigenvalue weighted by atomic mass is 9.87. The maximum absolute atomic E-state index is 12.2. The molecule has 3 rings (SSSR count). The second-order valence-electron chi connectivity index (χ2n) is 6.51. The van der Waals surface area contributed by atoms with Crippen LogP contribution in [0.15, 0.2) is 12.4 Å². The first-order valence-electron chi connectivity index (χ1n) is 7.19. The summed E-state index contributed by atoms with van der Waals surface area (Å²) in [5.74, 6) is 1.38. The highest BCUT2D eigenvalue weighted by Crippen LogP contribution is 2.38. The maximum Gasteiger partial charge on any atom is 0.254 e. The molecule has 1 amide bonds. The van der Waals surface area contributed by atoms with Gasteiger partial charge in [-0.25, -0.2) is 9.97 Å². The van der Waals surface area contributed by atoms with Crippen LogP contribution in [-0.2, 0) is 0 Å². The fourth-order valence-electron chi connectivity index (χ4n) is 2.84. The standard InChI is InChI=1S/C15H21N3O/c1-15(2)7-3-4-12(15)18-14(19)11-8-16-13(17-9-11)10-5-6-10/h8-10,12H,3-7H2,1-2H3,(H,18,19). The van der Waals surface area contributed by atoms with E-state index in [2.05, 4.69) is 29.1 Å². The highest BCUT2D eigenvalue weighted by Gasteiger charge is 2.35. The second-order valence-corrected chi connectivity index (χ2v) is 6.51. The van der Waals surface area contributed by atoms with E-state index in [-0.39, 0.29) is 17.4 Å². The first-order chi connectivity index (χ1) is 9.06. The van der Waals surface area contributed by atoms with Gasteiger partial charge in [-0.05, 0) is 31.1 Å². The van der Waals surface area contributed by atoms with Crippen molar-refractivity contribution in [2.24, 2.45) is 5.41 Å². The van der Waals surface area contributed by atoms with Crippen molar-refractivity contribution in [3.63, 3.8) is 0 Å². The molecule has 1 atom stereocenters. The van der Waals surface area contributed by atoms with Crippen LogP contribution in [0, 0.1) is 5.41 Å². The monoisotopic (exact) mass is 259 g/mol. The number of rotatable bonds is 3. The van der Waals surface area contributed by atoms with Crippen molar-refractivity contribution < 1.29 is 4.79 Å². The lowest BCUT2D eigenvalue weighted by molar-refractivity contribution is 0.0909. The number of nitrogens with one attached hydrogen (secondary N) is 1. The Hall–Kier alpha value is -1.45. The normalized spacial score (nSPS) is 25.3. The Balaban J connectivity index is 1.66. The second kappa shape index (κ2) is 4.58. The van der Waals surface area contributed by atoms with Crippen LogP contribution in [0.1, 0.15) is 68.1 Å². The third kappa shape index (κ3) is 2.62. The molecule has 19 heavy (non-hydrogen) atoms. The van der Waals surface area contributed by atoms with Gasteiger partial charge in [-0.3, -0.25) is 4.79 Å². The molecular weight excluding hydrogens is 238 g/mol. The van der Waals surface area contributed by atoms with Gasteiger partial charge in [0.25, 0.3) is 5.91 Å². The Bertz CT molecular complexity index is 477. The van der Waals surface area contributed by atoms with Gasteiger partial charge in [-0.15, -0.1) is 0 Å². The number of amides is 1. The Kier molecular flexibility index (Phi) is 3.03. The zero-order chi connectivity index (χ0) is 13.5. The molecule has 0 radical (unpaired) electrons. The number of hydrogen-bond acceptors (Lipinski definition) is 3. The van der Waals surface area contributed by atoms with E-state index in [1.807, 2.05) is 0 Å². The van der Waals surface area contributed by atoms with E-state index in [4.69, 9.17) is 0 Å². The summed E-state index contributed by atoms with van der Waals surface area (Å²) in [6.07, 6.45) is 9.13. The number of carbonyl (C=O) groups excluding carboxylic acids is 1. The molecule has 4 heteroatoms. The number of carbonyl (C=O) groups is 1. The van der Waals surface area contributed by atoms with Crippen LogP contribution >= 0.6 is 0 Å². The summed E-state index contributed by atoms with van der Waals surface area (Å²) in [5.41, 5.74) is 0.775. The molecule has 0 saturated heterocycles. The quantitative estimate of drug-likeness (QED) is 0.908. The molecule has 2 aliphatic carbocycles. The van der Waals surface area contributed by atoms with Gasteiger partial charge >= 0.3 is 0 Å². The number of nitrogens with zero attached hydrogens (tertiary/aromatic N) is 2. The highest BCUT2D eigenvalue weighted by atomic mass is 16.1. The van der Waals surface area contributed by atoms with E-state index >= 15 is 0 Å². The molecule has 2 fully saturated rings. The van der Waals surface area contributed by atoms with Crippen LogP contribution in [0.2, 0.25) is 0 Å². The van der Waals surface area contributed by atoms with Crippen LogP contribution in [0.25, 0.3) is 0 Å². The molecule has 2 aliphatic rings. The molecule has 0 aromatic carbocycles. The summed E-state index contributed by atoms with van der Waals surface area (Å²) < 4.78 is 0. The lowest BCUT2D eigenvalue weighted by Crippen LogP contribution is -2.41. The van der Waals surface area contributed by atoms with Gasteiger partial charge < -0.3 is 5.32 Å². The predicted octanol–water partition coefficient (Wildman–Crippen LogP) is 2.66. The van der Waals surface area contributed by atoms with Crippen LogP contribution < -0.4 is 5.32 Å². The van der Waals surface area contributed by atoms with Crippen LogP contribution in [0.4, 0.5) is 0 Å². The van der Waals surface area contributed by atoms with Gasteiger partial charge in [0.1, 0.15) is 5.82 Å². The minimum Gasteiger partial charge on any atom is -0.349 e. The lowest BCUT2D eigenvalue weighted by Gasteiger charge is -2.27. The van der Waals surface area contributed by atoms with E-state index in [0.717, 1.165) is 12.2 Å². The molecule has 1 aromatic heterocycles. The summed E-state index contributed by atoms with van der Waals surface area (Å²) in [5, 5.41) is 3.13. The van der Waals surface area contributed by atoms with Gasteiger partial charge in [0.15, 0.2) is 0 Å². The van der Waals surface area contributed by atoms with Crippen molar-refractivity contribution in [1.29, 1.82) is 0 Å². The molecule has 1 aromatic rings. The van der Waals surface area contributed by atoms with Crippen molar-refractivity contribution >= 4 is 5.91 Å². The molecule has 0 aliphatic heterocycles. The summed E-state index contributed by atoms with van der Waals surface area (Å²) in [4.78, 5) is 20.8. The molecule has 2 saturated carbocycles. The number of hydrogen-bond donors (Lipinski definition) is 1. The Morgan fingerprint density at radius 2 is 1.95 bits per heavy atom. The minimum atomic E-state index is -0.0395. The molecule has 4 nitrogen and oxygen atoms in total. The maximum atomic E-state index is 12.2. The molecule has 1 unspecified atom stereocenters. The molecule has 0 bridgehead atoms. The van der Waals surface area contributed by atoms with Crippen LogP contribution in [0.3, 0.4) is 0 Å². The van der Waals surface area contributed by atoms with E-state index in [0.29, 0.717) is 11.5 Å². The SMILES string of the molecule is CC1(C)CCCC1NC(=O)c1cnc(C2CC2)nc1. The average molecular weight is 259 g/mol. The summed E-state index contributed by atoms with van der Waals surface area (Å²) in [7, 11) is 0. The van der Waals surface area contributed by atoms with Crippen molar-refractivity contribution in [2.45, 2.75) is 57.9 Å². The highest BCUT2D eigenvalue weighted by molar-refractivity contribution is 5.93. The zero-order valence-corrected chi connectivity index (χ0v) is 11.6. The average Bonchev–Trinajstić information content (AvgIpc) is 3.17. The van der Waals surface area contributed by atoms with Gasteiger partial charge in [-0.1, -0.05) is 20.3 Å². The van der Waals surface area contributed by atoms with E-state index < -0.39 is 0 Å². The van der Waals surface area contributed by atoms with Gasteiger partial charge in [-0.2, -0.15) is 0 Å². The zero-order valence-electron chi connectivity index (χ0n) is 11.6. The van der Waals surface area contributed by atoms with Crippen LogP contribution in [0.5, 0.6) is 0 Å². The third-order valence-corrected chi connectivity index (χ3v) is 4.44. The fraction of sp³-hybridized carbons (Fsp3) is 0.667. The molecular formula is C15H21N3O. The first kappa shape index (κ1) is 12.6. The smallest absolute Gasteiger partial charge is 0.254 e. The minimum absolute atomic E-state index is 0.0395. The summed E-state index contributed by atoms with van der Waals surface area (Å²) in [6, 6.07) is 0.267. The molecule has 1 heterocycles. The Morgan fingerprint density at radius 1 is 1.26 bits per heavy atom. The molecule has 102 valence electrons. The van der Waals surface area contributed by atoms with Gasteiger partial charge in [0.05, 0.1) is 5.56 Å². The largest absolute Gasteiger partial charge is 0.349 e. The summed E-state index contributed by atoms with van der Waals surface area (Å²) in [6.45, 7) is 4.44. The van der Waals surface area contributed by atoms with Crippen molar-refractivity contribution in [2.75, 3.05) is 0 Å². The Morgan fingerprint density at radius 3 is 2.47 bits per heavy atom. The van der Waals surface area contributed by atoms with Crippen molar-refractivity contribution in [1.82, 2.24) is 15.3 Å². The topological polar surface area (TPSA) is 54.9 Å². The van der Waals surface area contributed by atoms with E-state index in [1.54, 1.807) is 12.4 Å². The van der Waals surface area contributed by atoms with Gasteiger partial charge in [0, 0.05) is 24.4 Å². The third-order valence-electron chi connectivity index (χ3n) is 4.44. The fourth-order valence-corrected chi connectivity index (χ4v) is 2.84. The predicted molar refractivity (Wildman–Crippen MR) is 72.9 cm³/mol.